The number of nitrogens with one attached hydrogen (secondary N) is 2. The minimum atomic E-state index is -1.07. The Morgan fingerprint density at radius 1 is 1.15 bits per heavy atom. The van der Waals surface area contributed by atoms with Crippen molar-refractivity contribution >= 4 is 23.5 Å². The van der Waals surface area contributed by atoms with Crippen LogP contribution in [0.15, 0.2) is 49.1 Å². The van der Waals surface area contributed by atoms with Gasteiger partial charge in [-0.1, -0.05) is 18.2 Å². The minimum Gasteiger partial charge on any atom is -0.480 e. The summed E-state index contributed by atoms with van der Waals surface area (Å²) in [4.78, 5) is 41.1. The summed E-state index contributed by atoms with van der Waals surface area (Å²) >= 11 is 0. The third-order valence-electron chi connectivity index (χ3n) is 4.37. The van der Waals surface area contributed by atoms with Crippen LogP contribution in [0.5, 0.6) is 0 Å². The van der Waals surface area contributed by atoms with E-state index >= 15 is 0 Å². The molecule has 27 heavy (non-hydrogen) atoms. The molecule has 0 saturated carbocycles. The lowest BCUT2D eigenvalue weighted by Crippen LogP contribution is -2.48. The highest BCUT2D eigenvalue weighted by atomic mass is 16.4. The Hall–Kier alpha value is -3.75. The van der Waals surface area contributed by atoms with Crippen LogP contribution in [-0.4, -0.2) is 47.9 Å². The fraction of sp³-hybridized carbons (Fsp3) is 0.167. The van der Waals surface area contributed by atoms with E-state index in [1.165, 1.54) is 23.6 Å². The Morgan fingerprint density at radius 3 is 2.59 bits per heavy atom. The Morgan fingerprint density at radius 2 is 1.89 bits per heavy atom. The first kappa shape index (κ1) is 16.7. The first-order valence-corrected chi connectivity index (χ1v) is 8.31. The number of carboxylic acid groups (broad SMARTS) is 1. The molecule has 9 heteroatoms. The van der Waals surface area contributed by atoms with E-state index in [0.29, 0.717) is 11.6 Å². The van der Waals surface area contributed by atoms with Crippen LogP contribution in [0.2, 0.25) is 0 Å². The average molecular weight is 364 g/mol. The first-order chi connectivity index (χ1) is 13.1. The molecule has 3 N–H and O–H groups in total. The number of aromatic nitrogens is 4. The molecule has 1 aliphatic heterocycles. The fourth-order valence-electron chi connectivity index (χ4n) is 2.99. The maximum absolute atomic E-state index is 12.8. The van der Waals surface area contributed by atoms with Gasteiger partial charge < -0.3 is 20.3 Å². The van der Waals surface area contributed by atoms with Gasteiger partial charge in [-0.15, -0.1) is 0 Å². The average Bonchev–Trinajstić information content (AvgIpc) is 3.15. The molecular weight excluding hydrogens is 348 g/mol. The van der Waals surface area contributed by atoms with Crippen LogP contribution in [0.4, 0.5) is 11.6 Å². The predicted octanol–water partition coefficient (Wildman–Crippen LogP) is 1.59. The number of benzene rings is 1. The highest BCUT2D eigenvalue weighted by Crippen LogP contribution is 2.23. The van der Waals surface area contributed by atoms with Crippen molar-refractivity contribution in [2.75, 3.05) is 5.32 Å². The summed E-state index contributed by atoms with van der Waals surface area (Å²) in [6, 6.07) is 8.43. The maximum Gasteiger partial charge on any atom is 0.326 e. The molecule has 4 rings (SSSR count). The van der Waals surface area contributed by atoms with E-state index in [1.54, 1.807) is 0 Å². The Bertz CT molecular complexity index is 970. The SMILES string of the molecule is O=C(O)[C@@H]1Cc2nc[nH]c2CN1C(=O)c1cnc(Nc2ccccc2)nc1. The number of nitrogens with zero attached hydrogens (tertiary/aromatic N) is 4. The highest BCUT2D eigenvalue weighted by molar-refractivity contribution is 5.96. The molecule has 1 aromatic carbocycles. The molecule has 3 heterocycles. The number of anilines is 2. The summed E-state index contributed by atoms with van der Waals surface area (Å²) in [5.41, 5.74) is 2.46. The summed E-state index contributed by atoms with van der Waals surface area (Å²) in [5, 5.41) is 12.5. The summed E-state index contributed by atoms with van der Waals surface area (Å²) in [6.45, 7) is 0.148. The molecule has 0 fully saturated rings. The van der Waals surface area contributed by atoms with Gasteiger partial charge in [-0.25, -0.2) is 19.7 Å². The van der Waals surface area contributed by atoms with Crippen molar-refractivity contribution in [1.82, 2.24) is 24.8 Å². The quantitative estimate of drug-likeness (QED) is 0.642. The van der Waals surface area contributed by atoms with Crippen molar-refractivity contribution in [2.24, 2.45) is 0 Å². The van der Waals surface area contributed by atoms with E-state index in [4.69, 9.17) is 0 Å². The van der Waals surface area contributed by atoms with Crippen LogP contribution in [0.1, 0.15) is 21.7 Å². The van der Waals surface area contributed by atoms with Gasteiger partial charge in [-0.2, -0.15) is 0 Å². The predicted molar refractivity (Wildman–Crippen MR) is 95.3 cm³/mol. The van der Waals surface area contributed by atoms with Crippen LogP contribution in [-0.2, 0) is 17.8 Å². The molecule has 1 atom stereocenters. The van der Waals surface area contributed by atoms with Gasteiger partial charge in [0.1, 0.15) is 6.04 Å². The van der Waals surface area contributed by atoms with Crippen LogP contribution >= 0.6 is 0 Å². The number of hydrogen-bond donors (Lipinski definition) is 3. The van der Waals surface area contributed by atoms with Gasteiger partial charge in [0, 0.05) is 24.5 Å². The number of carbonyl (C=O) groups excluding carboxylic acids is 1. The van der Waals surface area contributed by atoms with E-state index < -0.39 is 17.9 Å². The second-order valence-corrected chi connectivity index (χ2v) is 6.11. The highest BCUT2D eigenvalue weighted by Gasteiger charge is 2.36. The van der Waals surface area contributed by atoms with Gasteiger partial charge in [0.05, 0.1) is 29.8 Å². The number of imidazole rings is 1. The number of aliphatic carboxylic acids is 1. The topological polar surface area (TPSA) is 124 Å². The van der Waals surface area contributed by atoms with Crippen LogP contribution in [0.3, 0.4) is 0 Å². The molecule has 1 aliphatic rings. The van der Waals surface area contributed by atoms with E-state index in [2.05, 4.69) is 25.3 Å². The lowest BCUT2D eigenvalue weighted by Gasteiger charge is -2.32. The number of carbonyl (C=O) groups is 2. The zero-order valence-electron chi connectivity index (χ0n) is 14.2. The zero-order chi connectivity index (χ0) is 18.8. The lowest BCUT2D eigenvalue weighted by atomic mass is 10.0. The van der Waals surface area contributed by atoms with E-state index in [-0.39, 0.29) is 18.5 Å². The van der Waals surface area contributed by atoms with E-state index in [9.17, 15) is 14.7 Å². The molecule has 1 amide bonds. The fourth-order valence-corrected chi connectivity index (χ4v) is 2.99. The maximum atomic E-state index is 12.8. The van der Waals surface area contributed by atoms with Gasteiger partial charge in [0.15, 0.2) is 0 Å². The molecule has 2 aromatic heterocycles. The van der Waals surface area contributed by atoms with Gasteiger partial charge in [0.25, 0.3) is 5.91 Å². The molecule has 3 aromatic rings. The molecule has 0 spiro atoms. The third-order valence-corrected chi connectivity index (χ3v) is 4.37. The number of carboxylic acids is 1. The Labute approximate surface area is 154 Å². The standard InChI is InChI=1S/C18H16N6O3/c25-16(24-9-14-13(21-10-22-14)6-15(24)17(26)27)11-7-19-18(20-8-11)23-12-4-2-1-3-5-12/h1-5,7-8,10,15H,6,9H2,(H,21,22)(H,26,27)(H,19,20,23)/t15-/m0/s1. The molecule has 0 radical (unpaired) electrons. The summed E-state index contributed by atoms with van der Waals surface area (Å²) in [5.74, 6) is -1.16. The molecule has 136 valence electrons. The number of H-pyrrole nitrogens is 1. The number of fused-ring (bicyclic) bond motifs is 1. The van der Waals surface area contributed by atoms with Gasteiger partial charge in [-0.3, -0.25) is 4.79 Å². The van der Waals surface area contributed by atoms with Crippen molar-refractivity contribution in [3.8, 4) is 0 Å². The van der Waals surface area contributed by atoms with Crippen molar-refractivity contribution < 1.29 is 14.7 Å². The minimum absolute atomic E-state index is 0.148. The molecular formula is C18H16N6O3. The zero-order valence-corrected chi connectivity index (χ0v) is 14.2. The van der Waals surface area contributed by atoms with E-state index in [0.717, 1.165) is 11.4 Å². The van der Waals surface area contributed by atoms with Gasteiger partial charge in [-0.05, 0) is 12.1 Å². The molecule has 0 saturated heterocycles. The number of amides is 1. The number of hydrogen-bond acceptors (Lipinski definition) is 6. The van der Waals surface area contributed by atoms with Crippen molar-refractivity contribution in [3.05, 3.63) is 66.0 Å². The second-order valence-electron chi connectivity index (χ2n) is 6.11. The molecule has 0 unspecified atom stereocenters. The number of para-hydroxylation sites is 1. The summed E-state index contributed by atoms with van der Waals surface area (Å²) in [7, 11) is 0. The van der Waals surface area contributed by atoms with Gasteiger partial charge in [0.2, 0.25) is 5.95 Å². The second kappa shape index (κ2) is 6.87. The Kier molecular flexibility index (Phi) is 4.25. The van der Waals surface area contributed by atoms with Crippen molar-refractivity contribution in [1.29, 1.82) is 0 Å². The lowest BCUT2D eigenvalue weighted by molar-refractivity contribution is -0.142. The first-order valence-electron chi connectivity index (χ1n) is 8.31. The normalized spacial score (nSPS) is 15.9. The van der Waals surface area contributed by atoms with Crippen LogP contribution < -0.4 is 5.32 Å². The smallest absolute Gasteiger partial charge is 0.326 e. The monoisotopic (exact) mass is 364 g/mol. The number of aromatic amines is 1. The van der Waals surface area contributed by atoms with Crippen molar-refractivity contribution in [3.63, 3.8) is 0 Å². The van der Waals surface area contributed by atoms with Gasteiger partial charge >= 0.3 is 5.97 Å². The molecule has 9 nitrogen and oxygen atoms in total. The van der Waals surface area contributed by atoms with Crippen LogP contribution in [0.25, 0.3) is 0 Å². The third kappa shape index (κ3) is 3.34. The largest absolute Gasteiger partial charge is 0.480 e. The summed E-state index contributed by atoms with van der Waals surface area (Å²) < 4.78 is 0. The molecule has 0 bridgehead atoms. The summed E-state index contributed by atoms with van der Waals surface area (Å²) in [6.07, 6.45) is 4.45. The Balaban J connectivity index is 1.54. The molecule has 0 aliphatic carbocycles. The number of rotatable bonds is 4. The van der Waals surface area contributed by atoms with Crippen LogP contribution in [0, 0.1) is 0 Å². The van der Waals surface area contributed by atoms with E-state index in [1.807, 2.05) is 30.3 Å². The van der Waals surface area contributed by atoms with Crippen molar-refractivity contribution in [2.45, 2.75) is 19.0 Å².